The average molecular weight is 677 g/mol. The maximum absolute atomic E-state index is 5.13. The van der Waals surface area contributed by atoms with Gasteiger partial charge in [-0.1, -0.05) is 121 Å². The molecule has 248 valence electrons. The first kappa shape index (κ1) is 30.8. The zero-order chi connectivity index (χ0) is 35.2. The lowest BCUT2D eigenvalue weighted by Crippen LogP contribution is -2.29. The minimum absolute atomic E-state index is 0.604. The molecule has 10 rings (SSSR count). The van der Waals surface area contributed by atoms with Crippen molar-refractivity contribution in [3.8, 4) is 56.2 Å². The molecule has 0 amide bonds. The second kappa shape index (κ2) is 12.6. The topological polar surface area (TPSA) is 51.6 Å². The molecule has 9 aromatic rings. The lowest BCUT2D eigenvalue weighted by atomic mass is 9.66. The zero-order valence-corrected chi connectivity index (χ0v) is 28.8. The Bertz CT molecular complexity index is 2670. The monoisotopic (exact) mass is 676 g/mol. The summed E-state index contributed by atoms with van der Waals surface area (Å²) in [5, 5.41) is 2.27. The van der Waals surface area contributed by atoms with Crippen LogP contribution >= 0.6 is 0 Å². The third-order valence-electron chi connectivity index (χ3n) is 10.5. The smallest absolute Gasteiger partial charge is 0.0900 e. The van der Waals surface area contributed by atoms with E-state index in [1.807, 2.05) is 61.2 Å². The number of fused-ring (bicyclic) bond motifs is 4. The Morgan fingerprint density at radius 2 is 1.02 bits per heavy atom. The molecule has 1 aliphatic rings. The van der Waals surface area contributed by atoms with Crippen molar-refractivity contribution in [2.75, 3.05) is 0 Å². The molecule has 5 aromatic carbocycles. The fourth-order valence-electron chi connectivity index (χ4n) is 8.29. The quantitative estimate of drug-likeness (QED) is 0.176. The molecule has 4 aromatic heterocycles. The average Bonchev–Trinajstić information content (AvgIpc) is 3.56. The molecule has 53 heavy (non-hydrogen) atoms. The maximum atomic E-state index is 5.13. The van der Waals surface area contributed by atoms with Gasteiger partial charge in [0, 0.05) is 30.2 Å². The molecule has 4 heteroatoms. The van der Waals surface area contributed by atoms with E-state index in [9.17, 15) is 0 Å². The number of aromatic nitrogens is 4. The largest absolute Gasteiger partial charge is 0.264 e. The van der Waals surface area contributed by atoms with Crippen LogP contribution in [0.1, 0.15) is 22.3 Å². The summed E-state index contributed by atoms with van der Waals surface area (Å²) in [6, 6.07) is 60.7. The van der Waals surface area contributed by atoms with Gasteiger partial charge in [0.1, 0.15) is 0 Å². The molecule has 4 heterocycles. The van der Waals surface area contributed by atoms with E-state index < -0.39 is 5.41 Å². The van der Waals surface area contributed by atoms with E-state index in [2.05, 4.69) is 138 Å². The van der Waals surface area contributed by atoms with Gasteiger partial charge in [-0.3, -0.25) is 15.0 Å². The molecule has 0 aliphatic heterocycles. The summed E-state index contributed by atoms with van der Waals surface area (Å²) in [5.41, 5.74) is 14.6. The van der Waals surface area contributed by atoms with Gasteiger partial charge in [0.2, 0.25) is 0 Å². The van der Waals surface area contributed by atoms with Crippen LogP contribution in [0.15, 0.2) is 195 Å². The molecule has 0 atom stereocenters. The minimum atomic E-state index is -0.604. The van der Waals surface area contributed by atoms with Gasteiger partial charge in [-0.2, -0.15) is 0 Å². The predicted octanol–water partition coefficient (Wildman–Crippen LogP) is 11.5. The number of nitrogens with zero attached hydrogens (tertiary/aromatic N) is 4. The van der Waals surface area contributed by atoms with Crippen molar-refractivity contribution in [2.45, 2.75) is 5.41 Å². The maximum Gasteiger partial charge on any atom is 0.0900 e. The van der Waals surface area contributed by atoms with Crippen molar-refractivity contribution in [3.05, 3.63) is 217 Å². The fourth-order valence-corrected chi connectivity index (χ4v) is 8.29. The standard InChI is InChI=1S/C49H32N4/c1-3-13-37(14-4-1)49(38-15-5-2-6-16-38)42-18-8-7-17-41(42)47-39(23-24-40(48(47)49)34-21-22-35-32-50-28-25-33(35)29-34)36-30-45(43-19-9-11-26-51-43)53-46(31-36)44-20-10-12-27-52-44/h1-32H. The van der Waals surface area contributed by atoms with Crippen molar-refractivity contribution in [3.63, 3.8) is 0 Å². The summed E-state index contributed by atoms with van der Waals surface area (Å²) in [5.74, 6) is 0. The number of hydrogen-bond acceptors (Lipinski definition) is 4. The van der Waals surface area contributed by atoms with Crippen molar-refractivity contribution in [1.82, 2.24) is 19.9 Å². The van der Waals surface area contributed by atoms with E-state index in [-0.39, 0.29) is 0 Å². The highest BCUT2D eigenvalue weighted by Crippen LogP contribution is 2.61. The van der Waals surface area contributed by atoms with Gasteiger partial charge < -0.3 is 0 Å². The number of hydrogen-bond donors (Lipinski definition) is 0. The Morgan fingerprint density at radius 3 is 1.68 bits per heavy atom. The number of benzene rings is 5. The van der Waals surface area contributed by atoms with E-state index in [1.165, 1.54) is 38.9 Å². The first-order valence-corrected chi connectivity index (χ1v) is 17.9. The van der Waals surface area contributed by atoms with Crippen molar-refractivity contribution in [1.29, 1.82) is 0 Å². The van der Waals surface area contributed by atoms with Crippen LogP contribution in [0, 0.1) is 0 Å². The molecule has 1 aliphatic carbocycles. The van der Waals surface area contributed by atoms with Crippen LogP contribution in [0.3, 0.4) is 0 Å². The zero-order valence-electron chi connectivity index (χ0n) is 28.8. The molecule has 0 N–H and O–H groups in total. The third-order valence-corrected chi connectivity index (χ3v) is 10.5. The van der Waals surface area contributed by atoms with Crippen LogP contribution in [0.25, 0.3) is 66.9 Å². The van der Waals surface area contributed by atoms with Crippen LogP contribution in [0.4, 0.5) is 0 Å². The van der Waals surface area contributed by atoms with E-state index >= 15 is 0 Å². The molecule has 0 bridgehead atoms. The van der Waals surface area contributed by atoms with Gasteiger partial charge in [-0.25, -0.2) is 4.98 Å². The second-order valence-corrected chi connectivity index (χ2v) is 13.4. The molecule has 0 fully saturated rings. The van der Waals surface area contributed by atoms with E-state index in [0.29, 0.717) is 0 Å². The third kappa shape index (κ3) is 4.99. The summed E-state index contributed by atoms with van der Waals surface area (Å²) in [7, 11) is 0. The molecule has 4 nitrogen and oxygen atoms in total. The highest BCUT2D eigenvalue weighted by atomic mass is 14.8. The second-order valence-electron chi connectivity index (χ2n) is 13.4. The molecule has 0 saturated heterocycles. The first-order valence-electron chi connectivity index (χ1n) is 17.9. The summed E-state index contributed by atoms with van der Waals surface area (Å²) in [6.45, 7) is 0. The normalized spacial score (nSPS) is 12.7. The van der Waals surface area contributed by atoms with Gasteiger partial charge in [0.05, 0.1) is 28.2 Å². The Morgan fingerprint density at radius 1 is 0.396 bits per heavy atom. The molecule has 0 unspecified atom stereocenters. The summed E-state index contributed by atoms with van der Waals surface area (Å²) in [6.07, 6.45) is 7.44. The minimum Gasteiger partial charge on any atom is -0.264 e. The summed E-state index contributed by atoms with van der Waals surface area (Å²) in [4.78, 5) is 19.0. The molecule has 0 spiro atoms. The Labute approximate surface area is 308 Å². The summed E-state index contributed by atoms with van der Waals surface area (Å²) < 4.78 is 0. The molecular weight excluding hydrogens is 645 g/mol. The van der Waals surface area contributed by atoms with Crippen LogP contribution in [0.2, 0.25) is 0 Å². The van der Waals surface area contributed by atoms with Crippen molar-refractivity contribution < 1.29 is 0 Å². The van der Waals surface area contributed by atoms with E-state index in [0.717, 1.165) is 50.2 Å². The summed E-state index contributed by atoms with van der Waals surface area (Å²) >= 11 is 0. The number of rotatable bonds is 6. The van der Waals surface area contributed by atoms with Gasteiger partial charge in [-0.15, -0.1) is 0 Å². The van der Waals surface area contributed by atoms with Gasteiger partial charge in [0.25, 0.3) is 0 Å². The Balaban J connectivity index is 1.35. The highest BCUT2D eigenvalue weighted by molar-refractivity contribution is 6.01. The van der Waals surface area contributed by atoms with Crippen LogP contribution < -0.4 is 0 Å². The molecule has 0 radical (unpaired) electrons. The van der Waals surface area contributed by atoms with E-state index in [4.69, 9.17) is 15.0 Å². The Kier molecular flexibility index (Phi) is 7.33. The first-order chi connectivity index (χ1) is 26.3. The van der Waals surface area contributed by atoms with Crippen LogP contribution in [-0.2, 0) is 5.41 Å². The van der Waals surface area contributed by atoms with Gasteiger partial charge >= 0.3 is 0 Å². The predicted molar refractivity (Wildman–Crippen MR) is 214 cm³/mol. The van der Waals surface area contributed by atoms with E-state index in [1.54, 1.807) is 0 Å². The van der Waals surface area contributed by atoms with Crippen LogP contribution in [0.5, 0.6) is 0 Å². The van der Waals surface area contributed by atoms with Crippen molar-refractivity contribution in [2.24, 2.45) is 0 Å². The Hall–Kier alpha value is -7.04. The number of pyridine rings is 4. The van der Waals surface area contributed by atoms with Crippen molar-refractivity contribution >= 4 is 10.8 Å². The molecular formula is C49H32N4. The van der Waals surface area contributed by atoms with Gasteiger partial charge in [-0.05, 0) is 110 Å². The van der Waals surface area contributed by atoms with Crippen LogP contribution in [-0.4, -0.2) is 19.9 Å². The highest BCUT2D eigenvalue weighted by Gasteiger charge is 2.48. The lowest BCUT2D eigenvalue weighted by Gasteiger charge is -2.35. The van der Waals surface area contributed by atoms with Gasteiger partial charge in [0.15, 0.2) is 0 Å². The SMILES string of the molecule is c1ccc(C2(c3ccccc3)c3ccccc3-c3c(-c4cc(-c5ccccn5)nc(-c5ccccn5)c4)ccc(-c4ccc5cnccc5c4)c32)cc1. The fraction of sp³-hybridized carbons (Fsp3) is 0.0204. The molecule has 0 saturated carbocycles. The lowest BCUT2D eigenvalue weighted by molar-refractivity contribution is 0.770.